The van der Waals surface area contributed by atoms with Crippen LogP contribution in [0.4, 0.5) is 4.39 Å². The number of hydrogen-bond acceptors (Lipinski definition) is 2. The van der Waals surface area contributed by atoms with Crippen LogP contribution in [-0.4, -0.2) is 24.8 Å². The summed E-state index contributed by atoms with van der Waals surface area (Å²) in [5, 5.41) is 3.60. The Kier molecular flexibility index (Phi) is 4.94. The van der Waals surface area contributed by atoms with E-state index in [0.29, 0.717) is 18.2 Å². The summed E-state index contributed by atoms with van der Waals surface area (Å²) in [7, 11) is 0. The highest BCUT2D eigenvalue weighted by Gasteiger charge is 2.23. The third kappa shape index (κ3) is 4.29. The van der Waals surface area contributed by atoms with Gasteiger partial charge in [-0.2, -0.15) is 0 Å². The zero-order valence-electron chi connectivity index (χ0n) is 12.1. The van der Waals surface area contributed by atoms with E-state index in [9.17, 15) is 4.39 Å². The summed E-state index contributed by atoms with van der Waals surface area (Å²) >= 11 is 0. The van der Waals surface area contributed by atoms with Crippen LogP contribution >= 0.6 is 0 Å². The molecule has 1 N–H and O–H groups in total. The van der Waals surface area contributed by atoms with Crippen LogP contribution in [0, 0.1) is 12.7 Å². The molecular formula is C16H24FNO. The van der Waals surface area contributed by atoms with E-state index < -0.39 is 0 Å². The zero-order valence-corrected chi connectivity index (χ0v) is 12.1. The van der Waals surface area contributed by atoms with E-state index in [2.05, 4.69) is 19.2 Å². The van der Waals surface area contributed by atoms with Gasteiger partial charge < -0.3 is 10.1 Å². The van der Waals surface area contributed by atoms with Crippen molar-refractivity contribution in [1.29, 1.82) is 0 Å². The molecule has 2 unspecified atom stereocenters. The maximum Gasteiger partial charge on any atom is 0.123 e. The molecule has 2 rings (SSSR count). The Hall–Kier alpha value is -0.930. The van der Waals surface area contributed by atoms with E-state index in [4.69, 9.17) is 4.74 Å². The minimum absolute atomic E-state index is 0.152. The number of ether oxygens (including phenoxy) is 1. The lowest BCUT2D eigenvalue weighted by molar-refractivity contribution is -0.0419. The van der Waals surface area contributed by atoms with Gasteiger partial charge in [0.15, 0.2) is 0 Å². The number of aryl methyl sites for hydroxylation is 1. The largest absolute Gasteiger partial charge is 0.375 e. The predicted molar refractivity (Wildman–Crippen MR) is 75.9 cm³/mol. The molecule has 0 amide bonds. The van der Waals surface area contributed by atoms with Crippen molar-refractivity contribution in [3.05, 3.63) is 35.1 Å². The quantitative estimate of drug-likeness (QED) is 0.902. The van der Waals surface area contributed by atoms with Gasteiger partial charge in [-0.1, -0.05) is 6.07 Å². The first kappa shape index (κ1) is 14.5. The molecule has 19 heavy (non-hydrogen) atoms. The number of benzene rings is 1. The highest BCUT2D eigenvalue weighted by molar-refractivity contribution is 5.26. The maximum atomic E-state index is 13.0. The average molecular weight is 265 g/mol. The SMILES string of the molecule is Cc1cc(F)ccc1CCNC1CC(C)OC(C)C1. The van der Waals surface area contributed by atoms with Crippen LogP contribution in [0.3, 0.4) is 0 Å². The Labute approximate surface area is 115 Å². The van der Waals surface area contributed by atoms with Crippen LogP contribution < -0.4 is 5.32 Å². The molecule has 0 aromatic heterocycles. The van der Waals surface area contributed by atoms with Crippen LogP contribution in [0.15, 0.2) is 18.2 Å². The number of rotatable bonds is 4. The molecule has 1 aromatic rings. The Bertz CT molecular complexity index is 411. The molecule has 0 spiro atoms. The smallest absolute Gasteiger partial charge is 0.123 e. The van der Waals surface area contributed by atoms with Crippen LogP contribution in [0.25, 0.3) is 0 Å². The van der Waals surface area contributed by atoms with Crippen LogP contribution in [0.5, 0.6) is 0 Å². The van der Waals surface area contributed by atoms with Gasteiger partial charge in [-0.05, 0) is 69.8 Å². The second-order valence-electron chi connectivity index (χ2n) is 5.70. The normalized spacial score (nSPS) is 27.5. The van der Waals surface area contributed by atoms with Gasteiger partial charge in [0, 0.05) is 6.04 Å². The highest BCUT2D eigenvalue weighted by Crippen LogP contribution is 2.19. The third-order valence-electron chi connectivity index (χ3n) is 3.83. The van der Waals surface area contributed by atoms with Crippen molar-refractivity contribution < 1.29 is 9.13 Å². The molecule has 0 aliphatic carbocycles. The molecule has 2 nitrogen and oxygen atoms in total. The zero-order chi connectivity index (χ0) is 13.8. The lowest BCUT2D eigenvalue weighted by Gasteiger charge is -2.32. The van der Waals surface area contributed by atoms with Gasteiger partial charge in [-0.3, -0.25) is 0 Å². The van der Waals surface area contributed by atoms with Gasteiger partial charge >= 0.3 is 0 Å². The first-order chi connectivity index (χ1) is 9.04. The van der Waals surface area contributed by atoms with Gasteiger partial charge in [-0.25, -0.2) is 4.39 Å². The average Bonchev–Trinajstić information content (AvgIpc) is 2.30. The summed E-state index contributed by atoms with van der Waals surface area (Å²) in [6.45, 7) is 7.18. The molecule has 3 heteroatoms. The lowest BCUT2D eigenvalue weighted by atomic mass is 9.99. The topological polar surface area (TPSA) is 21.3 Å². The van der Waals surface area contributed by atoms with Gasteiger partial charge in [0.05, 0.1) is 12.2 Å². The van der Waals surface area contributed by atoms with E-state index in [1.165, 1.54) is 5.56 Å². The van der Waals surface area contributed by atoms with Crippen molar-refractivity contribution in [3.63, 3.8) is 0 Å². The number of hydrogen-bond donors (Lipinski definition) is 1. The van der Waals surface area contributed by atoms with Gasteiger partial charge in [0.25, 0.3) is 0 Å². The van der Waals surface area contributed by atoms with Crippen LogP contribution in [-0.2, 0) is 11.2 Å². The van der Waals surface area contributed by atoms with Crippen molar-refractivity contribution in [3.8, 4) is 0 Å². The summed E-state index contributed by atoms with van der Waals surface area (Å²) in [6.07, 6.45) is 3.79. The van der Waals surface area contributed by atoms with Crippen molar-refractivity contribution in [1.82, 2.24) is 5.32 Å². The Morgan fingerprint density at radius 2 is 1.95 bits per heavy atom. The second-order valence-corrected chi connectivity index (χ2v) is 5.70. The minimum Gasteiger partial charge on any atom is -0.375 e. The van der Waals surface area contributed by atoms with Gasteiger partial charge in [0.1, 0.15) is 5.82 Å². The fourth-order valence-corrected chi connectivity index (χ4v) is 2.92. The lowest BCUT2D eigenvalue weighted by Crippen LogP contribution is -2.42. The second kappa shape index (κ2) is 6.49. The molecule has 1 heterocycles. The monoisotopic (exact) mass is 265 g/mol. The first-order valence-corrected chi connectivity index (χ1v) is 7.18. The number of halogens is 1. The standard InChI is InChI=1S/C16H24FNO/c1-11-8-15(17)5-4-14(11)6-7-18-16-9-12(2)19-13(3)10-16/h4-5,8,12-13,16,18H,6-7,9-10H2,1-3H3. The van der Waals surface area contributed by atoms with Crippen molar-refractivity contribution in [2.45, 2.75) is 58.3 Å². The fourth-order valence-electron chi connectivity index (χ4n) is 2.92. The molecule has 1 fully saturated rings. The molecule has 1 aliphatic heterocycles. The first-order valence-electron chi connectivity index (χ1n) is 7.18. The van der Waals surface area contributed by atoms with Crippen LogP contribution in [0.2, 0.25) is 0 Å². The van der Waals surface area contributed by atoms with E-state index >= 15 is 0 Å². The van der Waals surface area contributed by atoms with Crippen molar-refractivity contribution in [2.24, 2.45) is 0 Å². The Morgan fingerprint density at radius 1 is 1.26 bits per heavy atom. The molecule has 0 saturated carbocycles. The predicted octanol–water partition coefficient (Wildman–Crippen LogP) is 3.22. The Balaban J connectivity index is 1.80. The molecule has 1 aromatic carbocycles. The fraction of sp³-hybridized carbons (Fsp3) is 0.625. The van der Waals surface area contributed by atoms with E-state index in [-0.39, 0.29) is 5.82 Å². The maximum absolute atomic E-state index is 13.0. The molecule has 0 bridgehead atoms. The summed E-state index contributed by atoms with van der Waals surface area (Å²) in [4.78, 5) is 0. The molecule has 1 aliphatic rings. The summed E-state index contributed by atoms with van der Waals surface area (Å²) in [5.74, 6) is -0.152. The summed E-state index contributed by atoms with van der Waals surface area (Å²) in [6, 6.07) is 5.58. The van der Waals surface area contributed by atoms with E-state index in [0.717, 1.165) is 31.4 Å². The molecule has 106 valence electrons. The van der Waals surface area contributed by atoms with E-state index in [1.807, 2.05) is 13.0 Å². The van der Waals surface area contributed by atoms with Gasteiger partial charge in [0.2, 0.25) is 0 Å². The minimum atomic E-state index is -0.152. The molecular weight excluding hydrogens is 241 g/mol. The highest BCUT2D eigenvalue weighted by atomic mass is 19.1. The molecule has 1 saturated heterocycles. The molecule has 0 radical (unpaired) electrons. The molecule has 2 atom stereocenters. The summed E-state index contributed by atoms with van der Waals surface area (Å²) in [5.41, 5.74) is 2.26. The number of nitrogens with one attached hydrogen (secondary N) is 1. The van der Waals surface area contributed by atoms with E-state index in [1.54, 1.807) is 12.1 Å². The summed E-state index contributed by atoms with van der Waals surface area (Å²) < 4.78 is 18.7. The van der Waals surface area contributed by atoms with Crippen molar-refractivity contribution in [2.75, 3.05) is 6.54 Å². The van der Waals surface area contributed by atoms with Crippen molar-refractivity contribution >= 4 is 0 Å². The Morgan fingerprint density at radius 3 is 2.58 bits per heavy atom. The van der Waals surface area contributed by atoms with Gasteiger partial charge in [-0.15, -0.1) is 0 Å². The third-order valence-corrected chi connectivity index (χ3v) is 3.83. The van der Waals surface area contributed by atoms with Crippen LogP contribution in [0.1, 0.15) is 37.8 Å².